The Bertz CT molecular complexity index is 516. The lowest BCUT2D eigenvalue weighted by Crippen LogP contribution is -2.15. The lowest BCUT2D eigenvalue weighted by Gasteiger charge is -2.17. The topological polar surface area (TPSA) is 12.0 Å². The quantitative estimate of drug-likeness (QED) is 0.703. The summed E-state index contributed by atoms with van der Waals surface area (Å²) in [6, 6.07) is 19.4. The first-order valence-electron chi connectivity index (χ1n) is 6.83. The highest BCUT2D eigenvalue weighted by molar-refractivity contribution is 5.77. The van der Waals surface area contributed by atoms with Gasteiger partial charge in [0.25, 0.3) is 0 Å². The van der Waals surface area contributed by atoms with Gasteiger partial charge in [-0.3, -0.25) is 0 Å². The van der Waals surface area contributed by atoms with Crippen LogP contribution in [-0.2, 0) is 0 Å². The third kappa shape index (κ3) is 3.72. The summed E-state index contributed by atoms with van der Waals surface area (Å²) in [6.45, 7) is 5.99. The zero-order chi connectivity index (χ0) is 13.5. The van der Waals surface area contributed by atoms with Crippen molar-refractivity contribution >= 4 is 5.69 Å². The van der Waals surface area contributed by atoms with Crippen LogP contribution < -0.4 is 5.32 Å². The zero-order valence-electron chi connectivity index (χ0n) is 11.5. The van der Waals surface area contributed by atoms with Crippen LogP contribution in [0.4, 0.5) is 5.69 Å². The van der Waals surface area contributed by atoms with Gasteiger partial charge in [0.05, 0.1) is 0 Å². The van der Waals surface area contributed by atoms with Gasteiger partial charge in [-0.05, 0) is 31.4 Å². The predicted molar refractivity (Wildman–Crippen MR) is 84.4 cm³/mol. The second kappa shape index (κ2) is 6.79. The predicted octanol–water partition coefficient (Wildman–Crippen LogP) is 5.12. The molecule has 0 amide bonds. The van der Waals surface area contributed by atoms with E-state index in [1.54, 1.807) is 0 Å². The van der Waals surface area contributed by atoms with E-state index in [9.17, 15) is 0 Å². The Kier molecular flexibility index (Phi) is 4.79. The van der Waals surface area contributed by atoms with Crippen LogP contribution in [-0.4, -0.2) is 6.04 Å². The fourth-order valence-corrected chi connectivity index (χ4v) is 2.18. The summed E-state index contributed by atoms with van der Waals surface area (Å²) in [5.74, 6) is 0. The fraction of sp³-hybridized carbons (Fsp3) is 0.222. The summed E-state index contributed by atoms with van der Waals surface area (Å²) < 4.78 is 0. The number of nitrogens with one attached hydrogen (secondary N) is 1. The number of para-hydroxylation sites is 1. The second-order valence-electron chi connectivity index (χ2n) is 4.82. The van der Waals surface area contributed by atoms with Crippen LogP contribution in [0.1, 0.15) is 19.8 Å². The van der Waals surface area contributed by atoms with Crippen molar-refractivity contribution in [2.45, 2.75) is 25.8 Å². The van der Waals surface area contributed by atoms with Gasteiger partial charge in [0.1, 0.15) is 0 Å². The summed E-state index contributed by atoms with van der Waals surface area (Å²) in [5.41, 5.74) is 3.71. The molecule has 0 aliphatic heterocycles. The minimum Gasteiger partial charge on any atom is -0.382 e. The molecule has 0 aliphatic rings. The normalized spacial score (nSPS) is 11.8. The highest BCUT2D eigenvalue weighted by atomic mass is 14.9. The number of hydrogen-bond acceptors (Lipinski definition) is 1. The number of allylic oxidation sites excluding steroid dienone is 1. The molecule has 0 saturated heterocycles. The van der Waals surface area contributed by atoms with Gasteiger partial charge in [0, 0.05) is 17.3 Å². The number of anilines is 1. The third-order valence-electron chi connectivity index (χ3n) is 3.22. The Labute approximate surface area is 116 Å². The van der Waals surface area contributed by atoms with Gasteiger partial charge in [-0.15, -0.1) is 6.58 Å². The van der Waals surface area contributed by atoms with Gasteiger partial charge >= 0.3 is 0 Å². The van der Waals surface area contributed by atoms with Gasteiger partial charge in [-0.2, -0.15) is 0 Å². The van der Waals surface area contributed by atoms with Gasteiger partial charge < -0.3 is 5.32 Å². The van der Waals surface area contributed by atoms with Gasteiger partial charge in [0.15, 0.2) is 0 Å². The summed E-state index contributed by atoms with van der Waals surface area (Å²) in [5, 5.41) is 3.60. The molecule has 1 unspecified atom stereocenters. The minimum absolute atomic E-state index is 0.447. The Morgan fingerprint density at radius 3 is 2.47 bits per heavy atom. The van der Waals surface area contributed by atoms with Crippen molar-refractivity contribution in [2.24, 2.45) is 0 Å². The van der Waals surface area contributed by atoms with E-state index in [4.69, 9.17) is 0 Å². The van der Waals surface area contributed by atoms with Gasteiger partial charge in [0.2, 0.25) is 0 Å². The molecular weight excluding hydrogens is 230 g/mol. The molecule has 2 rings (SSSR count). The van der Waals surface area contributed by atoms with Gasteiger partial charge in [-0.1, -0.05) is 54.6 Å². The third-order valence-corrected chi connectivity index (χ3v) is 3.22. The van der Waals surface area contributed by atoms with Crippen LogP contribution in [0.25, 0.3) is 11.1 Å². The maximum atomic E-state index is 3.78. The number of rotatable bonds is 6. The summed E-state index contributed by atoms with van der Waals surface area (Å²) in [6.07, 6.45) is 4.12. The molecule has 19 heavy (non-hydrogen) atoms. The van der Waals surface area contributed by atoms with Crippen molar-refractivity contribution in [3.8, 4) is 11.1 Å². The standard InChI is InChI=1S/C18H21N/c1-3-4-10-15(2)19-18-14-9-8-13-17(18)16-11-6-5-7-12-16/h3,5-9,11-15,19H,1,4,10H2,2H3. The summed E-state index contributed by atoms with van der Waals surface area (Å²) in [4.78, 5) is 0. The van der Waals surface area contributed by atoms with E-state index in [-0.39, 0.29) is 0 Å². The fourth-order valence-electron chi connectivity index (χ4n) is 2.18. The molecule has 0 aliphatic carbocycles. The van der Waals surface area contributed by atoms with Crippen LogP contribution >= 0.6 is 0 Å². The summed E-state index contributed by atoms with van der Waals surface area (Å²) in [7, 11) is 0. The SMILES string of the molecule is C=CCCC(C)Nc1ccccc1-c1ccccc1. The molecule has 1 atom stereocenters. The average Bonchev–Trinajstić information content (AvgIpc) is 2.46. The van der Waals surface area contributed by atoms with Crippen molar-refractivity contribution in [3.63, 3.8) is 0 Å². The van der Waals surface area contributed by atoms with Crippen molar-refractivity contribution in [1.29, 1.82) is 0 Å². The van der Waals surface area contributed by atoms with Crippen LogP contribution in [0.2, 0.25) is 0 Å². The Morgan fingerprint density at radius 2 is 1.74 bits per heavy atom. The molecule has 0 bridgehead atoms. The maximum absolute atomic E-state index is 3.78. The molecule has 1 heteroatoms. The minimum atomic E-state index is 0.447. The van der Waals surface area contributed by atoms with Crippen molar-refractivity contribution in [1.82, 2.24) is 0 Å². The maximum Gasteiger partial charge on any atom is 0.0421 e. The van der Waals surface area contributed by atoms with E-state index >= 15 is 0 Å². The number of benzene rings is 2. The monoisotopic (exact) mass is 251 g/mol. The molecular formula is C18H21N. The van der Waals surface area contributed by atoms with E-state index in [0.717, 1.165) is 12.8 Å². The molecule has 0 fully saturated rings. The Morgan fingerprint density at radius 1 is 1.05 bits per heavy atom. The largest absolute Gasteiger partial charge is 0.382 e. The van der Waals surface area contributed by atoms with Crippen molar-refractivity contribution in [3.05, 3.63) is 67.3 Å². The van der Waals surface area contributed by atoms with Crippen LogP contribution in [0.15, 0.2) is 67.3 Å². The summed E-state index contributed by atoms with van der Waals surface area (Å²) >= 11 is 0. The molecule has 0 heterocycles. The van der Waals surface area contributed by atoms with E-state index in [1.165, 1.54) is 16.8 Å². The molecule has 98 valence electrons. The molecule has 0 aromatic heterocycles. The van der Waals surface area contributed by atoms with E-state index < -0.39 is 0 Å². The Hall–Kier alpha value is -2.02. The highest BCUT2D eigenvalue weighted by Crippen LogP contribution is 2.28. The van der Waals surface area contributed by atoms with Crippen molar-refractivity contribution < 1.29 is 0 Å². The molecule has 1 nitrogen and oxygen atoms in total. The second-order valence-corrected chi connectivity index (χ2v) is 4.82. The lowest BCUT2D eigenvalue weighted by molar-refractivity contribution is 0.719. The smallest absolute Gasteiger partial charge is 0.0421 e. The van der Waals surface area contributed by atoms with Crippen LogP contribution in [0.3, 0.4) is 0 Å². The highest BCUT2D eigenvalue weighted by Gasteiger charge is 2.06. The van der Waals surface area contributed by atoms with E-state index in [2.05, 4.69) is 67.4 Å². The number of hydrogen-bond donors (Lipinski definition) is 1. The zero-order valence-corrected chi connectivity index (χ0v) is 11.5. The first-order chi connectivity index (χ1) is 9.31. The van der Waals surface area contributed by atoms with Crippen LogP contribution in [0, 0.1) is 0 Å². The molecule has 0 saturated carbocycles. The Balaban J connectivity index is 2.19. The van der Waals surface area contributed by atoms with Crippen molar-refractivity contribution in [2.75, 3.05) is 5.32 Å². The van der Waals surface area contributed by atoms with E-state index in [1.807, 2.05) is 12.1 Å². The lowest BCUT2D eigenvalue weighted by atomic mass is 10.0. The molecule has 0 radical (unpaired) electrons. The first kappa shape index (κ1) is 13.4. The van der Waals surface area contributed by atoms with E-state index in [0.29, 0.717) is 6.04 Å². The molecule has 1 N–H and O–H groups in total. The molecule has 0 spiro atoms. The van der Waals surface area contributed by atoms with Crippen LogP contribution in [0.5, 0.6) is 0 Å². The molecule has 2 aromatic rings. The first-order valence-corrected chi connectivity index (χ1v) is 6.83. The average molecular weight is 251 g/mol. The molecule has 2 aromatic carbocycles. The van der Waals surface area contributed by atoms with Gasteiger partial charge in [-0.25, -0.2) is 0 Å².